The summed E-state index contributed by atoms with van der Waals surface area (Å²) in [5.74, 6) is 1.90. The van der Waals surface area contributed by atoms with E-state index in [2.05, 4.69) is 23.2 Å². The van der Waals surface area contributed by atoms with Crippen LogP contribution in [0.2, 0.25) is 0 Å². The second-order valence-electron chi connectivity index (χ2n) is 8.29. The van der Waals surface area contributed by atoms with Crippen molar-refractivity contribution in [3.05, 3.63) is 89.1 Å². The molecule has 6 heteroatoms. The number of methoxy groups -OCH3 is 2. The molecule has 3 aromatic carbocycles. The van der Waals surface area contributed by atoms with E-state index >= 15 is 0 Å². The molecule has 0 bridgehead atoms. The first-order valence-electron chi connectivity index (χ1n) is 11.5. The summed E-state index contributed by atoms with van der Waals surface area (Å²) < 4.78 is 16.4. The third kappa shape index (κ3) is 3.75. The maximum Gasteiger partial charge on any atom is 0.254 e. The second kappa shape index (κ2) is 9.14. The molecule has 1 aliphatic heterocycles. The Balaban J connectivity index is 1.60. The smallest absolute Gasteiger partial charge is 0.254 e. The van der Waals surface area contributed by atoms with E-state index in [1.807, 2.05) is 42.2 Å². The van der Waals surface area contributed by atoms with Crippen LogP contribution in [0.1, 0.15) is 40.1 Å². The lowest BCUT2D eigenvalue weighted by Gasteiger charge is -2.36. The Morgan fingerprint density at radius 3 is 2.50 bits per heavy atom. The van der Waals surface area contributed by atoms with Gasteiger partial charge < -0.3 is 24.1 Å². The van der Waals surface area contributed by atoms with Gasteiger partial charge in [-0.2, -0.15) is 0 Å². The molecule has 1 amide bonds. The van der Waals surface area contributed by atoms with E-state index < -0.39 is 0 Å². The van der Waals surface area contributed by atoms with Crippen molar-refractivity contribution in [1.29, 1.82) is 0 Å². The Bertz CT molecular complexity index is 1330. The lowest BCUT2D eigenvalue weighted by Crippen LogP contribution is -2.40. The van der Waals surface area contributed by atoms with E-state index in [0.717, 1.165) is 28.9 Å². The Morgan fingerprint density at radius 1 is 1.00 bits per heavy atom. The first kappa shape index (κ1) is 21.9. The third-order valence-electron chi connectivity index (χ3n) is 6.43. The van der Waals surface area contributed by atoms with Crippen molar-refractivity contribution < 1.29 is 19.0 Å². The highest BCUT2D eigenvalue weighted by Gasteiger charge is 2.35. The van der Waals surface area contributed by atoms with Gasteiger partial charge in [0.2, 0.25) is 0 Å². The molecule has 6 nitrogen and oxygen atoms in total. The number of amides is 1. The van der Waals surface area contributed by atoms with Gasteiger partial charge in [-0.25, -0.2) is 0 Å². The zero-order valence-electron chi connectivity index (χ0n) is 19.6. The standard InChI is InChI=1S/C28H28N2O4/c1-4-34-20-12-9-18(10-13-20)27-26-22(21-7-5-6-8-23(21)29-26)15-16-30(27)28(31)19-11-14-24(32-2)25(17-19)33-3/h5-14,17,27,29H,4,15-16H2,1-3H3/t27-/m0/s1. The van der Waals surface area contributed by atoms with Gasteiger partial charge in [0.25, 0.3) is 5.91 Å². The first-order chi connectivity index (χ1) is 16.6. The molecule has 0 unspecified atom stereocenters. The molecule has 5 rings (SSSR count). The topological polar surface area (TPSA) is 63.8 Å². The van der Waals surface area contributed by atoms with Gasteiger partial charge in [0, 0.05) is 28.7 Å². The zero-order chi connectivity index (χ0) is 23.7. The van der Waals surface area contributed by atoms with Gasteiger partial charge in [-0.1, -0.05) is 30.3 Å². The van der Waals surface area contributed by atoms with Crippen LogP contribution in [0.3, 0.4) is 0 Å². The van der Waals surface area contributed by atoms with Crippen LogP contribution in [0.15, 0.2) is 66.7 Å². The molecule has 0 radical (unpaired) electrons. The predicted molar refractivity (Wildman–Crippen MR) is 132 cm³/mol. The number of rotatable bonds is 6. The fourth-order valence-corrected chi connectivity index (χ4v) is 4.85. The Kier molecular flexibility index (Phi) is 5.88. The molecule has 4 aromatic rings. The number of nitrogens with zero attached hydrogens (tertiary/aromatic N) is 1. The molecule has 0 fully saturated rings. The quantitative estimate of drug-likeness (QED) is 0.424. The normalized spacial score (nSPS) is 15.1. The van der Waals surface area contributed by atoms with E-state index in [1.165, 1.54) is 10.9 Å². The average Bonchev–Trinajstić information content (AvgIpc) is 3.27. The summed E-state index contributed by atoms with van der Waals surface area (Å²) in [6.45, 7) is 3.19. The Labute approximate surface area is 199 Å². The molecular weight excluding hydrogens is 428 g/mol. The molecule has 1 aliphatic rings. The van der Waals surface area contributed by atoms with Crippen LogP contribution in [-0.4, -0.2) is 43.2 Å². The van der Waals surface area contributed by atoms with Gasteiger partial charge in [-0.15, -0.1) is 0 Å². The summed E-state index contributed by atoms with van der Waals surface area (Å²) in [5.41, 5.74) is 5.01. The fourth-order valence-electron chi connectivity index (χ4n) is 4.85. The molecule has 1 atom stereocenters. The number of ether oxygens (including phenoxy) is 3. The van der Waals surface area contributed by atoms with Gasteiger partial charge in [0.15, 0.2) is 11.5 Å². The maximum absolute atomic E-state index is 13.8. The van der Waals surface area contributed by atoms with E-state index in [4.69, 9.17) is 14.2 Å². The van der Waals surface area contributed by atoms with Crippen molar-refractivity contribution in [3.8, 4) is 17.2 Å². The van der Waals surface area contributed by atoms with Gasteiger partial charge in [-0.3, -0.25) is 4.79 Å². The van der Waals surface area contributed by atoms with Crippen molar-refractivity contribution in [3.63, 3.8) is 0 Å². The fraction of sp³-hybridized carbons (Fsp3) is 0.250. The molecule has 174 valence electrons. The highest BCUT2D eigenvalue weighted by Crippen LogP contribution is 2.40. The summed E-state index contributed by atoms with van der Waals surface area (Å²) in [5, 5.41) is 1.21. The second-order valence-corrected chi connectivity index (χ2v) is 8.29. The highest BCUT2D eigenvalue weighted by molar-refractivity contribution is 5.96. The van der Waals surface area contributed by atoms with E-state index in [9.17, 15) is 4.79 Å². The number of aromatic amines is 1. The number of benzene rings is 3. The van der Waals surface area contributed by atoms with E-state index in [1.54, 1.807) is 32.4 Å². The minimum absolute atomic E-state index is 0.0517. The number of carbonyl (C=O) groups is 1. The molecule has 0 spiro atoms. The number of para-hydroxylation sites is 1. The lowest BCUT2D eigenvalue weighted by atomic mass is 9.91. The summed E-state index contributed by atoms with van der Waals surface area (Å²) in [7, 11) is 3.16. The van der Waals surface area contributed by atoms with Gasteiger partial charge in [0.1, 0.15) is 5.75 Å². The van der Waals surface area contributed by atoms with Crippen LogP contribution in [0, 0.1) is 0 Å². The number of H-pyrrole nitrogens is 1. The largest absolute Gasteiger partial charge is 0.494 e. The summed E-state index contributed by atoms with van der Waals surface area (Å²) >= 11 is 0. The minimum Gasteiger partial charge on any atom is -0.494 e. The van der Waals surface area contributed by atoms with Gasteiger partial charge in [0.05, 0.1) is 26.9 Å². The molecule has 34 heavy (non-hydrogen) atoms. The third-order valence-corrected chi connectivity index (χ3v) is 6.43. The van der Waals surface area contributed by atoms with Crippen molar-refractivity contribution in [2.75, 3.05) is 27.4 Å². The van der Waals surface area contributed by atoms with Crippen LogP contribution in [0.25, 0.3) is 10.9 Å². The van der Waals surface area contributed by atoms with E-state index in [-0.39, 0.29) is 11.9 Å². The first-order valence-corrected chi connectivity index (χ1v) is 11.5. The molecule has 0 saturated carbocycles. The number of aromatic nitrogens is 1. The number of hydrogen-bond donors (Lipinski definition) is 1. The van der Waals surface area contributed by atoms with Gasteiger partial charge >= 0.3 is 0 Å². The number of carbonyl (C=O) groups excluding carboxylic acids is 1. The Morgan fingerprint density at radius 2 is 1.76 bits per heavy atom. The summed E-state index contributed by atoms with van der Waals surface area (Å²) in [6, 6.07) is 21.4. The van der Waals surface area contributed by atoms with Crippen molar-refractivity contribution in [2.24, 2.45) is 0 Å². The lowest BCUT2D eigenvalue weighted by molar-refractivity contribution is 0.0691. The monoisotopic (exact) mass is 456 g/mol. The maximum atomic E-state index is 13.8. The molecule has 0 saturated heterocycles. The summed E-state index contributed by atoms with van der Waals surface area (Å²) in [6.07, 6.45) is 0.784. The molecular formula is C28H28N2O4. The highest BCUT2D eigenvalue weighted by atomic mass is 16.5. The molecule has 1 N–H and O–H groups in total. The van der Waals surface area contributed by atoms with E-state index in [0.29, 0.717) is 30.2 Å². The van der Waals surface area contributed by atoms with Crippen LogP contribution in [0.4, 0.5) is 0 Å². The predicted octanol–water partition coefficient (Wildman–Crippen LogP) is 5.37. The van der Waals surface area contributed by atoms with Crippen LogP contribution < -0.4 is 14.2 Å². The number of nitrogens with one attached hydrogen (secondary N) is 1. The molecule has 0 aliphatic carbocycles. The summed E-state index contributed by atoms with van der Waals surface area (Å²) in [4.78, 5) is 19.4. The van der Waals surface area contributed by atoms with Crippen molar-refractivity contribution >= 4 is 16.8 Å². The SMILES string of the molecule is CCOc1ccc([C@H]2c3[nH]c4ccccc4c3CCN2C(=O)c2ccc(OC)c(OC)c2)cc1. The number of fused-ring (bicyclic) bond motifs is 3. The van der Waals surface area contributed by atoms with Crippen molar-refractivity contribution in [1.82, 2.24) is 9.88 Å². The average molecular weight is 457 g/mol. The Hall–Kier alpha value is -3.93. The van der Waals surface area contributed by atoms with Crippen molar-refractivity contribution in [2.45, 2.75) is 19.4 Å². The number of hydrogen-bond acceptors (Lipinski definition) is 4. The molecule has 1 aromatic heterocycles. The molecule has 2 heterocycles. The van der Waals surface area contributed by atoms with Gasteiger partial charge in [-0.05, 0) is 60.9 Å². The van der Waals surface area contributed by atoms with Crippen LogP contribution in [-0.2, 0) is 6.42 Å². The minimum atomic E-state index is -0.243. The van der Waals surface area contributed by atoms with Crippen LogP contribution in [0.5, 0.6) is 17.2 Å². The van der Waals surface area contributed by atoms with Crippen LogP contribution >= 0.6 is 0 Å². The zero-order valence-corrected chi connectivity index (χ0v) is 19.6.